The number of piperazine rings is 1. The molecule has 1 fully saturated rings. The van der Waals surface area contributed by atoms with E-state index in [2.05, 4.69) is 30.0 Å². The van der Waals surface area contributed by atoms with E-state index in [1.165, 1.54) is 0 Å². The van der Waals surface area contributed by atoms with Gasteiger partial charge in [-0.1, -0.05) is 18.2 Å². The van der Waals surface area contributed by atoms with E-state index >= 15 is 0 Å². The zero-order valence-electron chi connectivity index (χ0n) is 17.1. The van der Waals surface area contributed by atoms with Gasteiger partial charge in [0.1, 0.15) is 5.82 Å². The largest absolute Gasteiger partial charge is 0.414 e. The fourth-order valence-electron chi connectivity index (χ4n) is 3.53. The summed E-state index contributed by atoms with van der Waals surface area (Å²) in [5.41, 5.74) is 7.78. The lowest BCUT2D eigenvalue weighted by Gasteiger charge is -2.35. The van der Waals surface area contributed by atoms with Crippen molar-refractivity contribution in [2.45, 2.75) is 0 Å². The van der Waals surface area contributed by atoms with E-state index in [1.54, 1.807) is 30.7 Å². The Kier molecular flexibility index (Phi) is 5.16. The van der Waals surface area contributed by atoms with Gasteiger partial charge >= 0.3 is 0 Å². The Morgan fingerprint density at radius 1 is 0.938 bits per heavy atom. The number of benzene rings is 1. The fraction of sp³-hybridized carbons (Fsp3) is 0.182. The molecule has 0 atom stereocenters. The second kappa shape index (κ2) is 8.42. The highest BCUT2D eigenvalue weighted by Gasteiger charge is 2.24. The van der Waals surface area contributed by atoms with Gasteiger partial charge < -0.3 is 20.0 Å². The maximum atomic E-state index is 12.6. The summed E-state index contributed by atoms with van der Waals surface area (Å²) in [6, 6.07) is 13.0. The van der Waals surface area contributed by atoms with E-state index in [1.807, 2.05) is 35.2 Å². The van der Waals surface area contributed by atoms with Crippen LogP contribution in [0.15, 0.2) is 65.5 Å². The van der Waals surface area contributed by atoms with Gasteiger partial charge in [0.2, 0.25) is 5.89 Å². The van der Waals surface area contributed by atoms with E-state index < -0.39 is 0 Å². The fourth-order valence-corrected chi connectivity index (χ4v) is 3.53. The molecule has 0 bridgehead atoms. The molecule has 3 aromatic heterocycles. The number of anilines is 2. The monoisotopic (exact) mass is 428 g/mol. The molecule has 10 heteroatoms. The predicted molar refractivity (Wildman–Crippen MR) is 118 cm³/mol. The number of hydrogen-bond donors (Lipinski definition) is 1. The highest BCUT2D eigenvalue weighted by molar-refractivity contribution is 5.94. The van der Waals surface area contributed by atoms with Crippen LogP contribution in [0.1, 0.15) is 10.4 Å². The molecule has 1 aliphatic heterocycles. The van der Waals surface area contributed by atoms with Gasteiger partial charge in [0, 0.05) is 44.1 Å². The van der Waals surface area contributed by atoms with Crippen LogP contribution in [0.25, 0.3) is 23.0 Å². The highest BCUT2D eigenvalue weighted by Crippen LogP contribution is 2.27. The number of hydrogen-bond acceptors (Lipinski definition) is 9. The van der Waals surface area contributed by atoms with Crippen LogP contribution >= 0.6 is 0 Å². The maximum Gasteiger partial charge on any atom is 0.270 e. The summed E-state index contributed by atoms with van der Waals surface area (Å²) in [7, 11) is 0. The average Bonchev–Trinajstić information content (AvgIpc) is 3.35. The molecule has 5 rings (SSSR count). The normalized spacial score (nSPS) is 13.9. The van der Waals surface area contributed by atoms with Gasteiger partial charge in [0.25, 0.3) is 11.8 Å². The van der Waals surface area contributed by atoms with Crippen molar-refractivity contribution in [2.75, 3.05) is 36.8 Å². The average molecular weight is 428 g/mol. The molecule has 4 heterocycles. The third-order valence-corrected chi connectivity index (χ3v) is 5.24. The van der Waals surface area contributed by atoms with Crippen LogP contribution in [-0.2, 0) is 0 Å². The molecule has 1 amide bonds. The number of carbonyl (C=O) groups is 1. The van der Waals surface area contributed by atoms with E-state index in [0.717, 1.165) is 5.56 Å². The van der Waals surface area contributed by atoms with Gasteiger partial charge in [0.15, 0.2) is 11.5 Å². The summed E-state index contributed by atoms with van der Waals surface area (Å²) < 4.78 is 5.79. The Morgan fingerprint density at radius 3 is 2.47 bits per heavy atom. The summed E-state index contributed by atoms with van der Waals surface area (Å²) in [5.74, 6) is 1.42. The maximum absolute atomic E-state index is 12.6. The minimum Gasteiger partial charge on any atom is -0.414 e. The summed E-state index contributed by atoms with van der Waals surface area (Å²) in [4.78, 5) is 29.4. The molecule has 10 nitrogen and oxygen atoms in total. The lowest BCUT2D eigenvalue weighted by atomic mass is 10.2. The lowest BCUT2D eigenvalue weighted by Crippen LogP contribution is -2.49. The number of pyridine rings is 1. The Hall–Kier alpha value is -4.34. The second-order valence-electron chi connectivity index (χ2n) is 7.26. The molecule has 1 saturated heterocycles. The molecule has 0 unspecified atom stereocenters. The van der Waals surface area contributed by atoms with Crippen LogP contribution in [0.3, 0.4) is 0 Å². The molecule has 4 aromatic rings. The summed E-state index contributed by atoms with van der Waals surface area (Å²) in [6.07, 6.45) is 4.85. The third-order valence-electron chi connectivity index (χ3n) is 5.24. The first-order valence-electron chi connectivity index (χ1n) is 10.1. The summed E-state index contributed by atoms with van der Waals surface area (Å²) >= 11 is 0. The van der Waals surface area contributed by atoms with E-state index in [0.29, 0.717) is 49.1 Å². The Bertz CT molecular complexity index is 1220. The summed E-state index contributed by atoms with van der Waals surface area (Å²) in [5, 5.41) is 8.20. The zero-order valence-corrected chi connectivity index (χ0v) is 17.1. The topological polar surface area (TPSA) is 127 Å². The quantitative estimate of drug-likeness (QED) is 0.520. The molecule has 0 aliphatic carbocycles. The highest BCUT2D eigenvalue weighted by atomic mass is 16.4. The number of nitrogen functional groups attached to an aromatic ring is 1. The van der Waals surface area contributed by atoms with Crippen molar-refractivity contribution >= 4 is 17.5 Å². The van der Waals surface area contributed by atoms with Crippen LogP contribution in [0, 0.1) is 0 Å². The number of amides is 1. The molecule has 1 aliphatic rings. The van der Waals surface area contributed by atoms with Gasteiger partial charge in [-0.05, 0) is 24.3 Å². The molecule has 160 valence electrons. The Morgan fingerprint density at radius 2 is 1.72 bits per heavy atom. The number of aromatic nitrogens is 5. The number of carbonyl (C=O) groups excluding carboxylic acids is 1. The second-order valence-corrected chi connectivity index (χ2v) is 7.26. The van der Waals surface area contributed by atoms with Crippen LogP contribution in [0.4, 0.5) is 11.6 Å². The molecule has 1 aromatic carbocycles. The summed E-state index contributed by atoms with van der Waals surface area (Å²) in [6.45, 7) is 2.36. The molecule has 0 spiro atoms. The Labute approximate surface area is 183 Å². The molecule has 0 radical (unpaired) electrons. The number of nitrogens with zero attached hydrogens (tertiary/aromatic N) is 7. The first-order valence-corrected chi connectivity index (χ1v) is 10.1. The van der Waals surface area contributed by atoms with Crippen molar-refractivity contribution in [3.8, 4) is 23.0 Å². The van der Waals surface area contributed by atoms with Crippen molar-refractivity contribution in [1.29, 1.82) is 0 Å². The van der Waals surface area contributed by atoms with Gasteiger partial charge in [-0.15, -0.1) is 10.2 Å². The van der Waals surface area contributed by atoms with Gasteiger partial charge in [-0.2, -0.15) is 0 Å². The van der Waals surface area contributed by atoms with Crippen molar-refractivity contribution in [3.05, 3.63) is 66.6 Å². The molecule has 0 saturated carbocycles. The zero-order chi connectivity index (χ0) is 21.9. The van der Waals surface area contributed by atoms with E-state index in [-0.39, 0.29) is 17.6 Å². The standard InChI is InChI=1S/C22H20N8O2/c23-19-18(21-28-27-20(32-21)15-5-2-1-3-6-15)26-17(14-25-19)29-9-11-30(12-10-29)22(31)16-7-4-8-24-13-16/h1-8,13-14H,9-12H2,(H2,23,25). The van der Waals surface area contributed by atoms with E-state index in [9.17, 15) is 4.79 Å². The van der Waals surface area contributed by atoms with Gasteiger partial charge in [-0.3, -0.25) is 9.78 Å². The lowest BCUT2D eigenvalue weighted by molar-refractivity contribution is 0.0746. The first kappa shape index (κ1) is 19.6. The number of rotatable bonds is 4. The smallest absolute Gasteiger partial charge is 0.270 e. The van der Waals surface area contributed by atoms with E-state index in [4.69, 9.17) is 10.2 Å². The van der Waals surface area contributed by atoms with Gasteiger partial charge in [0.05, 0.1) is 11.8 Å². The van der Waals surface area contributed by atoms with Crippen molar-refractivity contribution < 1.29 is 9.21 Å². The SMILES string of the molecule is Nc1ncc(N2CCN(C(=O)c3cccnc3)CC2)nc1-c1nnc(-c2ccccc2)o1. The minimum absolute atomic E-state index is 0.0267. The first-order chi connectivity index (χ1) is 15.7. The van der Waals surface area contributed by atoms with Crippen molar-refractivity contribution in [2.24, 2.45) is 0 Å². The van der Waals surface area contributed by atoms with Crippen LogP contribution < -0.4 is 10.6 Å². The molecular weight excluding hydrogens is 408 g/mol. The van der Waals surface area contributed by atoms with Crippen LogP contribution in [-0.4, -0.2) is 62.1 Å². The van der Waals surface area contributed by atoms with Gasteiger partial charge in [-0.25, -0.2) is 9.97 Å². The van der Waals surface area contributed by atoms with Crippen LogP contribution in [0.2, 0.25) is 0 Å². The molecule has 2 N–H and O–H groups in total. The van der Waals surface area contributed by atoms with Crippen LogP contribution in [0.5, 0.6) is 0 Å². The minimum atomic E-state index is -0.0267. The number of nitrogens with two attached hydrogens (primary N) is 1. The van der Waals surface area contributed by atoms with Crippen molar-refractivity contribution in [1.82, 2.24) is 30.0 Å². The molecular formula is C22H20N8O2. The third kappa shape index (κ3) is 3.85. The van der Waals surface area contributed by atoms with Crippen molar-refractivity contribution in [3.63, 3.8) is 0 Å². The molecule has 32 heavy (non-hydrogen) atoms. The predicted octanol–water partition coefficient (Wildman–Crippen LogP) is 2.13. The Balaban J connectivity index is 1.32.